The van der Waals surface area contributed by atoms with Gasteiger partial charge in [-0.3, -0.25) is 0 Å². The molecule has 0 aromatic carbocycles. The van der Waals surface area contributed by atoms with Crippen LogP contribution >= 0.6 is 11.3 Å². The smallest absolute Gasteiger partial charge is 0.151 e. The molecule has 0 aliphatic heterocycles. The summed E-state index contributed by atoms with van der Waals surface area (Å²) in [6.45, 7) is 4.72. The predicted molar refractivity (Wildman–Crippen MR) is 72.3 cm³/mol. The molecule has 90 valence electrons. The monoisotopic (exact) mass is 248 g/mol. The van der Waals surface area contributed by atoms with Crippen molar-refractivity contribution >= 4 is 22.8 Å². The van der Waals surface area contributed by atoms with Gasteiger partial charge in [0.25, 0.3) is 0 Å². The molecule has 0 aliphatic rings. The second kappa shape index (κ2) is 4.71. The molecule has 0 saturated heterocycles. The Labute approximate surface area is 105 Å². The molecule has 4 nitrogen and oxygen atoms in total. The molecular formula is C12H16N4S. The molecule has 5 heteroatoms. The second-order valence-electron chi connectivity index (χ2n) is 4.14. The lowest BCUT2D eigenvalue weighted by Crippen LogP contribution is -2.19. The van der Waals surface area contributed by atoms with E-state index in [4.69, 9.17) is 5.73 Å². The van der Waals surface area contributed by atoms with E-state index in [0.717, 1.165) is 28.6 Å². The number of nitrogens with two attached hydrogens (primary N) is 1. The number of pyridine rings is 1. The topological polar surface area (TPSA) is 55.0 Å². The fourth-order valence-corrected chi connectivity index (χ4v) is 2.31. The standard InChI is InChI=1S/C12H16N4S/c1-8-4-11(13)12(14-5-8)16(3)6-10-7-17-9(2)15-10/h4-5,7H,6,13H2,1-3H3. The van der Waals surface area contributed by atoms with Gasteiger partial charge in [-0.1, -0.05) is 0 Å². The third kappa shape index (κ3) is 2.74. The molecule has 0 spiro atoms. The SMILES string of the molecule is Cc1cnc(N(C)Cc2csc(C)n2)c(N)c1. The van der Waals surface area contributed by atoms with Gasteiger partial charge in [-0.05, 0) is 25.5 Å². The number of anilines is 2. The Hall–Kier alpha value is -1.62. The highest BCUT2D eigenvalue weighted by Gasteiger charge is 2.09. The van der Waals surface area contributed by atoms with Crippen molar-refractivity contribution in [2.75, 3.05) is 17.7 Å². The zero-order chi connectivity index (χ0) is 12.4. The van der Waals surface area contributed by atoms with Crippen molar-refractivity contribution in [3.8, 4) is 0 Å². The van der Waals surface area contributed by atoms with E-state index in [9.17, 15) is 0 Å². The summed E-state index contributed by atoms with van der Waals surface area (Å²) in [5, 5.41) is 3.15. The van der Waals surface area contributed by atoms with Gasteiger partial charge in [0.05, 0.1) is 22.9 Å². The fourth-order valence-electron chi connectivity index (χ4n) is 1.70. The van der Waals surface area contributed by atoms with Gasteiger partial charge >= 0.3 is 0 Å². The molecular weight excluding hydrogens is 232 g/mol. The first kappa shape index (κ1) is 11.9. The Kier molecular flexibility index (Phi) is 3.28. The molecule has 0 aliphatic carbocycles. The van der Waals surface area contributed by atoms with Crippen molar-refractivity contribution in [2.45, 2.75) is 20.4 Å². The lowest BCUT2D eigenvalue weighted by Gasteiger charge is -2.18. The zero-order valence-corrected chi connectivity index (χ0v) is 11.1. The molecule has 0 unspecified atom stereocenters. The summed E-state index contributed by atoms with van der Waals surface area (Å²) >= 11 is 1.66. The van der Waals surface area contributed by atoms with Gasteiger partial charge in [-0.2, -0.15) is 0 Å². The van der Waals surface area contributed by atoms with Crippen molar-refractivity contribution in [2.24, 2.45) is 0 Å². The molecule has 2 heterocycles. The average Bonchev–Trinajstić information content (AvgIpc) is 2.63. The Balaban J connectivity index is 2.17. The molecule has 2 aromatic heterocycles. The summed E-state index contributed by atoms with van der Waals surface area (Å²) in [6.07, 6.45) is 1.83. The molecule has 0 radical (unpaired) electrons. The number of thiazole rings is 1. The van der Waals surface area contributed by atoms with Crippen LogP contribution in [-0.2, 0) is 6.54 Å². The first-order valence-electron chi connectivity index (χ1n) is 5.40. The Bertz CT molecular complexity index is 521. The third-order valence-electron chi connectivity index (χ3n) is 2.46. The molecule has 17 heavy (non-hydrogen) atoms. The van der Waals surface area contributed by atoms with Crippen LogP contribution in [-0.4, -0.2) is 17.0 Å². The lowest BCUT2D eigenvalue weighted by molar-refractivity contribution is 0.871. The van der Waals surface area contributed by atoms with Crippen molar-refractivity contribution < 1.29 is 0 Å². The van der Waals surface area contributed by atoms with Gasteiger partial charge < -0.3 is 10.6 Å². The summed E-state index contributed by atoms with van der Waals surface area (Å²) < 4.78 is 0. The highest BCUT2D eigenvalue weighted by molar-refractivity contribution is 7.09. The van der Waals surface area contributed by atoms with Gasteiger partial charge in [-0.15, -0.1) is 11.3 Å². The van der Waals surface area contributed by atoms with Crippen LogP contribution in [0, 0.1) is 13.8 Å². The number of nitrogens with zero attached hydrogens (tertiary/aromatic N) is 3. The Morgan fingerprint density at radius 3 is 2.76 bits per heavy atom. The van der Waals surface area contributed by atoms with Crippen LogP contribution in [0.1, 0.15) is 16.3 Å². The van der Waals surface area contributed by atoms with Crippen LogP contribution in [0.4, 0.5) is 11.5 Å². The van der Waals surface area contributed by atoms with Crippen molar-refractivity contribution in [3.05, 3.63) is 33.9 Å². The van der Waals surface area contributed by atoms with Crippen molar-refractivity contribution in [1.29, 1.82) is 0 Å². The number of nitrogen functional groups attached to an aromatic ring is 1. The summed E-state index contributed by atoms with van der Waals surface area (Å²) in [5.74, 6) is 0.807. The Morgan fingerprint density at radius 2 is 2.18 bits per heavy atom. The van der Waals surface area contributed by atoms with E-state index in [-0.39, 0.29) is 0 Å². The maximum absolute atomic E-state index is 5.96. The van der Waals surface area contributed by atoms with E-state index in [1.54, 1.807) is 11.3 Å². The maximum atomic E-state index is 5.96. The first-order chi connectivity index (χ1) is 8.06. The van der Waals surface area contributed by atoms with Gasteiger partial charge in [-0.25, -0.2) is 9.97 Å². The molecule has 2 N–H and O–H groups in total. The van der Waals surface area contributed by atoms with Crippen molar-refractivity contribution in [3.63, 3.8) is 0 Å². The molecule has 2 rings (SSSR count). The molecule has 0 amide bonds. The summed E-state index contributed by atoms with van der Waals surface area (Å²) in [5.41, 5.74) is 8.79. The number of rotatable bonds is 3. The third-order valence-corrected chi connectivity index (χ3v) is 3.28. The van der Waals surface area contributed by atoms with Crippen LogP contribution in [0.25, 0.3) is 0 Å². The summed E-state index contributed by atoms with van der Waals surface area (Å²) in [7, 11) is 1.97. The fraction of sp³-hybridized carbons (Fsp3) is 0.333. The number of aryl methyl sites for hydroxylation is 2. The highest BCUT2D eigenvalue weighted by atomic mass is 32.1. The molecule has 0 fully saturated rings. The normalized spacial score (nSPS) is 10.5. The van der Waals surface area contributed by atoms with E-state index < -0.39 is 0 Å². The van der Waals surface area contributed by atoms with E-state index in [2.05, 4.69) is 15.3 Å². The summed E-state index contributed by atoms with van der Waals surface area (Å²) in [4.78, 5) is 10.8. The lowest BCUT2D eigenvalue weighted by atomic mass is 10.2. The van der Waals surface area contributed by atoms with Gasteiger partial charge in [0.15, 0.2) is 5.82 Å². The maximum Gasteiger partial charge on any atom is 0.151 e. The van der Waals surface area contributed by atoms with Crippen LogP contribution in [0.5, 0.6) is 0 Å². The average molecular weight is 248 g/mol. The van der Waals surface area contributed by atoms with E-state index in [0.29, 0.717) is 5.69 Å². The van der Waals surface area contributed by atoms with Crippen molar-refractivity contribution in [1.82, 2.24) is 9.97 Å². The summed E-state index contributed by atoms with van der Waals surface area (Å²) in [6, 6.07) is 1.94. The van der Waals surface area contributed by atoms with Gasteiger partial charge in [0.2, 0.25) is 0 Å². The highest BCUT2D eigenvalue weighted by Crippen LogP contribution is 2.21. The van der Waals surface area contributed by atoms with E-state index in [1.165, 1.54) is 0 Å². The van der Waals surface area contributed by atoms with E-state index in [1.807, 2.05) is 38.1 Å². The predicted octanol–water partition coefficient (Wildman–Crippen LogP) is 2.37. The minimum absolute atomic E-state index is 0.708. The second-order valence-corrected chi connectivity index (χ2v) is 5.20. The minimum atomic E-state index is 0.708. The largest absolute Gasteiger partial charge is 0.396 e. The zero-order valence-electron chi connectivity index (χ0n) is 10.3. The minimum Gasteiger partial charge on any atom is -0.396 e. The molecule has 0 saturated carbocycles. The molecule has 0 bridgehead atoms. The van der Waals surface area contributed by atoms with Gasteiger partial charge in [0, 0.05) is 18.6 Å². The molecule has 0 atom stereocenters. The van der Waals surface area contributed by atoms with Crippen LogP contribution in [0.2, 0.25) is 0 Å². The van der Waals surface area contributed by atoms with Crippen LogP contribution in [0.3, 0.4) is 0 Å². The van der Waals surface area contributed by atoms with E-state index >= 15 is 0 Å². The van der Waals surface area contributed by atoms with Gasteiger partial charge in [0.1, 0.15) is 0 Å². The van der Waals surface area contributed by atoms with Crippen LogP contribution < -0.4 is 10.6 Å². The quantitative estimate of drug-likeness (QED) is 0.906. The number of hydrogen-bond acceptors (Lipinski definition) is 5. The number of aromatic nitrogens is 2. The molecule has 2 aromatic rings. The first-order valence-corrected chi connectivity index (χ1v) is 6.28. The number of hydrogen-bond donors (Lipinski definition) is 1. The Morgan fingerprint density at radius 1 is 1.41 bits per heavy atom. The van der Waals surface area contributed by atoms with Crippen LogP contribution in [0.15, 0.2) is 17.6 Å².